The zero-order valence-corrected chi connectivity index (χ0v) is 16.3. The highest BCUT2D eigenvalue weighted by Crippen LogP contribution is 2.55. The Morgan fingerprint density at radius 1 is 1.28 bits per heavy atom. The Labute approximate surface area is 169 Å². The molecule has 2 aliphatic heterocycles. The topological polar surface area (TPSA) is 71.0 Å². The standard InChI is InChI=1S/C23H24N2O4/c1-28-18-8-7-15-14-25(22(27)24-16-5-3-2-4-6-16)12-11-23-10-9-17(26)13-19(23)29-21(18)20(15)23/h2-10,17,19,26H,11-14H2,1H3,(H,24,27). The van der Waals surface area contributed by atoms with E-state index in [9.17, 15) is 9.90 Å². The van der Waals surface area contributed by atoms with E-state index in [-0.39, 0.29) is 17.6 Å². The fourth-order valence-corrected chi connectivity index (χ4v) is 4.83. The number of ether oxygens (including phenoxy) is 2. The second-order valence-electron chi connectivity index (χ2n) is 7.91. The predicted octanol–water partition coefficient (Wildman–Crippen LogP) is 3.45. The molecule has 3 atom stereocenters. The molecule has 2 N–H and O–H groups in total. The minimum absolute atomic E-state index is 0.116. The maximum Gasteiger partial charge on any atom is 0.322 e. The first kappa shape index (κ1) is 18.1. The van der Waals surface area contributed by atoms with Crippen LogP contribution in [0.25, 0.3) is 0 Å². The highest BCUT2D eigenvalue weighted by molar-refractivity contribution is 5.89. The summed E-state index contributed by atoms with van der Waals surface area (Å²) in [5, 5.41) is 13.2. The normalized spacial score (nSPS) is 26.8. The molecule has 0 radical (unpaired) electrons. The van der Waals surface area contributed by atoms with Gasteiger partial charge in [-0.2, -0.15) is 0 Å². The molecule has 3 unspecified atom stereocenters. The van der Waals surface area contributed by atoms with E-state index in [1.54, 1.807) is 7.11 Å². The number of hydrogen-bond acceptors (Lipinski definition) is 4. The molecule has 3 aliphatic rings. The van der Waals surface area contributed by atoms with Gasteiger partial charge in [0, 0.05) is 30.8 Å². The first-order valence-corrected chi connectivity index (χ1v) is 9.96. The number of anilines is 1. The van der Waals surface area contributed by atoms with E-state index in [0.29, 0.717) is 25.3 Å². The third kappa shape index (κ3) is 2.86. The lowest BCUT2D eigenvalue weighted by molar-refractivity contribution is 0.0824. The number of para-hydroxylation sites is 1. The summed E-state index contributed by atoms with van der Waals surface area (Å²) in [4.78, 5) is 14.8. The third-order valence-corrected chi connectivity index (χ3v) is 6.27. The zero-order valence-electron chi connectivity index (χ0n) is 16.3. The lowest BCUT2D eigenvalue weighted by atomic mass is 9.69. The molecule has 0 bridgehead atoms. The molecule has 6 heteroatoms. The van der Waals surface area contributed by atoms with Gasteiger partial charge in [-0.1, -0.05) is 36.4 Å². The summed E-state index contributed by atoms with van der Waals surface area (Å²) in [5.41, 5.74) is 2.59. The van der Waals surface area contributed by atoms with Gasteiger partial charge in [0.1, 0.15) is 6.10 Å². The molecule has 0 saturated carbocycles. The molecule has 2 amide bonds. The third-order valence-electron chi connectivity index (χ3n) is 6.27. The van der Waals surface area contributed by atoms with Gasteiger partial charge in [0.15, 0.2) is 11.5 Å². The molecule has 0 aromatic heterocycles. The minimum Gasteiger partial charge on any atom is -0.493 e. The Balaban J connectivity index is 1.52. The van der Waals surface area contributed by atoms with Crippen molar-refractivity contribution in [2.24, 2.45) is 0 Å². The van der Waals surface area contributed by atoms with Crippen LogP contribution in [-0.4, -0.2) is 41.9 Å². The van der Waals surface area contributed by atoms with Gasteiger partial charge in [0.25, 0.3) is 0 Å². The lowest BCUT2D eigenvalue weighted by Crippen LogP contribution is -2.43. The van der Waals surface area contributed by atoms with E-state index in [2.05, 4.69) is 11.4 Å². The number of benzene rings is 2. The van der Waals surface area contributed by atoms with Crippen molar-refractivity contribution in [1.82, 2.24) is 4.90 Å². The Bertz CT molecular complexity index is 974. The van der Waals surface area contributed by atoms with Crippen molar-refractivity contribution in [3.8, 4) is 11.5 Å². The van der Waals surface area contributed by atoms with Crippen LogP contribution in [0.1, 0.15) is 24.0 Å². The van der Waals surface area contributed by atoms with Gasteiger partial charge in [-0.05, 0) is 30.2 Å². The smallest absolute Gasteiger partial charge is 0.322 e. The molecule has 2 aromatic carbocycles. The number of rotatable bonds is 2. The van der Waals surface area contributed by atoms with Crippen LogP contribution < -0.4 is 14.8 Å². The molecule has 5 rings (SSSR count). The second-order valence-corrected chi connectivity index (χ2v) is 7.91. The Morgan fingerprint density at radius 3 is 2.90 bits per heavy atom. The summed E-state index contributed by atoms with van der Waals surface area (Å²) in [6.45, 7) is 1.09. The molecule has 0 fully saturated rings. The fourth-order valence-electron chi connectivity index (χ4n) is 4.83. The van der Waals surface area contributed by atoms with Crippen LogP contribution in [0, 0.1) is 0 Å². The molecule has 29 heavy (non-hydrogen) atoms. The zero-order chi connectivity index (χ0) is 20.0. The number of hydrogen-bond donors (Lipinski definition) is 2. The molecule has 150 valence electrons. The molecule has 6 nitrogen and oxygen atoms in total. The monoisotopic (exact) mass is 392 g/mol. The molecule has 2 aromatic rings. The van der Waals surface area contributed by atoms with E-state index in [1.165, 1.54) is 0 Å². The number of methoxy groups -OCH3 is 1. The van der Waals surface area contributed by atoms with E-state index in [1.807, 2.05) is 53.4 Å². The lowest BCUT2D eigenvalue weighted by Gasteiger charge is -2.35. The van der Waals surface area contributed by atoms with Crippen molar-refractivity contribution >= 4 is 11.7 Å². The Kier molecular flexibility index (Phi) is 4.24. The molecule has 2 heterocycles. The molecule has 0 saturated heterocycles. The van der Waals surface area contributed by atoms with Gasteiger partial charge in [-0.3, -0.25) is 0 Å². The summed E-state index contributed by atoms with van der Waals surface area (Å²) in [6.07, 6.45) is 4.52. The number of aliphatic hydroxyl groups is 1. The van der Waals surface area contributed by atoms with Gasteiger partial charge >= 0.3 is 6.03 Å². The maximum atomic E-state index is 13.0. The number of carbonyl (C=O) groups excluding carboxylic acids is 1. The van der Waals surface area contributed by atoms with Crippen LogP contribution in [0.15, 0.2) is 54.6 Å². The largest absolute Gasteiger partial charge is 0.493 e. The van der Waals surface area contributed by atoms with Gasteiger partial charge < -0.3 is 24.8 Å². The van der Waals surface area contributed by atoms with Crippen LogP contribution in [-0.2, 0) is 12.0 Å². The van der Waals surface area contributed by atoms with E-state index >= 15 is 0 Å². The van der Waals surface area contributed by atoms with Crippen molar-refractivity contribution in [2.75, 3.05) is 19.0 Å². The number of amides is 2. The summed E-state index contributed by atoms with van der Waals surface area (Å²) in [7, 11) is 1.64. The van der Waals surface area contributed by atoms with E-state index in [0.717, 1.165) is 29.0 Å². The van der Waals surface area contributed by atoms with Crippen molar-refractivity contribution < 1.29 is 19.4 Å². The fraction of sp³-hybridized carbons (Fsp3) is 0.348. The van der Waals surface area contributed by atoms with Crippen LogP contribution >= 0.6 is 0 Å². The molecular formula is C23H24N2O4. The summed E-state index contributed by atoms with van der Waals surface area (Å²) in [6, 6.07) is 13.3. The molecule has 1 spiro atoms. The SMILES string of the molecule is COc1ccc2c3c1OC1CC(O)C=CC31CCN(C(=O)Nc1ccccc1)C2. The number of urea groups is 1. The Morgan fingerprint density at radius 2 is 2.10 bits per heavy atom. The van der Waals surface area contributed by atoms with Crippen molar-refractivity contribution in [3.63, 3.8) is 0 Å². The van der Waals surface area contributed by atoms with Crippen molar-refractivity contribution in [1.29, 1.82) is 0 Å². The number of carbonyl (C=O) groups is 1. The van der Waals surface area contributed by atoms with E-state index in [4.69, 9.17) is 9.47 Å². The first-order valence-electron chi connectivity index (χ1n) is 9.96. The average Bonchev–Trinajstić information content (AvgIpc) is 2.96. The predicted molar refractivity (Wildman–Crippen MR) is 109 cm³/mol. The quantitative estimate of drug-likeness (QED) is 0.768. The number of nitrogens with zero attached hydrogens (tertiary/aromatic N) is 1. The van der Waals surface area contributed by atoms with Crippen LogP contribution in [0.5, 0.6) is 11.5 Å². The maximum absolute atomic E-state index is 13.0. The summed E-state index contributed by atoms with van der Waals surface area (Å²) in [5.74, 6) is 1.45. The Hall–Kier alpha value is -2.99. The van der Waals surface area contributed by atoms with Gasteiger partial charge in [-0.15, -0.1) is 0 Å². The highest BCUT2D eigenvalue weighted by Gasteiger charge is 2.53. The summed E-state index contributed by atoms with van der Waals surface area (Å²) < 4.78 is 11.9. The molecular weight excluding hydrogens is 368 g/mol. The van der Waals surface area contributed by atoms with Crippen LogP contribution in [0.3, 0.4) is 0 Å². The van der Waals surface area contributed by atoms with E-state index < -0.39 is 6.10 Å². The first-order chi connectivity index (χ1) is 14.1. The number of nitrogens with one attached hydrogen (secondary N) is 1. The highest BCUT2D eigenvalue weighted by atomic mass is 16.5. The van der Waals surface area contributed by atoms with Crippen molar-refractivity contribution in [3.05, 3.63) is 65.7 Å². The number of aliphatic hydroxyl groups excluding tert-OH is 1. The van der Waals surface area contributed by atoms with Crippen molar-refractivity contribution in [2.45, 2.75) is 37.0 Å². The van der Waals surface area contributed by atoms with Gasteiger partial charge in [0.05, 0.1) is 18.6 Å². The van der Waals surface area contributed by atoms with Gasteiger partial charge in [0.2, 0.25) is 0 Å². The van der Waals surface area contributed by atoms with Crippen LogP contribution in [0.4, 0.5) is 10.5 Å². The minimum atomic E-state index is -0.518. The van der Waals surface area contributed by atoms with Gasteiger partial charge in [-0.25, -0.2) is 4.79 Å². The summed E-state index contributed by atoms with van der Waals surface area (Å²) >= 11 is 0. The second kappa shape index (κ2) is 6.81. The average molecular weight is 392 g/mol. The molecule has 1 aliphatic carbocycles. The van der Waals surface area contributed by atoms with Crippen LogP contribution in [0.2, 0.25) is 0 Å².